The smallest absolute Gasteiger partial charge is 0.281 e. The van der Waals surface area contributed by atoms with E-state index in [9.17, 15) is 13.5 Å². The molecule has 0 aliphatic carbocycles. The second-order valence-corrected chi connectivity index (χ2v) is 9.29. The van der Waals surface area contributed by atoms with Gasteiger partial charge in [0.2, 0.25) is 0 Å². The van der Waals surface area contributed by atoms with Crippen molar-refractivity contribution in [3.8, 4) is 0 Å². The highest BCUT2D eigenvalue weighted by molar-refractivity contribution is 7.86. The highest BCUT2D eigenvalue weighted by Crippen LogP contribution is 2.25. The van der Waals surface area contributed by atoms with Crippen molar-refractivity contribution in [3.05, 3.63) is 11.9 Å². The summed E-state index contributed by atoms with van der Waals surface area (Å²) in [6, 6.07) is 0. The maximum Gasteiger partial charge on any atom is 0.281 e. The van der Waals surface area contributed by atoms with E-state index in [0.717, 1.165) is 25.7 Å². The van der Waals surface area contributed by atoms with E-state index >= 15 is 0 Å². The predicted octanol–water partition coefficient (Wildman–Crippen LogP) is 0.558. The van der Waals surface area contributed by atoms with Crippen molar-refractivity contribution in [1.82, 2.24) is 23.6 Å². The van der Waals surface area contributed by atoms with E-state index in [-0.39, 0.29) is 5.92 Å². The Bertz CT molecular complexity index is 661. The van der Waals surface area contributed by atoms with Crippen LogP contribution in [0.15, 0.2) is 6.20 Å². The normalized spacial score (nSPS) is 24.5. The van der Waals surface area contributed by atoms with Crippen LogP contribution in [0.25, 0.3) is 0 Å². The summed E-state index contributed by atoms with van der Waals surface area (Å²) in [5, 5.41) is 18.0. The minimum Gasteiger partial charge on any atom is -0.384 e. The maximum absolute atomic E-state index is 12.7. The summed E-state index contributed by atoms with van der Waals surface area (Å²) in [4.78, 5) is 0. The molecule has 0 saturated carbocycles. The van der Waals surface area contributed by atoms with Crippen LogP contribution in [0.4, 0.5) is 0 Å². The molecule has 0 amide bonds. The van der Waals surface area contributed by atoms with Crippen LogP contribution in [0.2, 0.25) is 0 Å². The van der Waals surface area contributed by atoms with Gasteiger partial charge < -0.3 is 5.11 Å². The molecule has 0 spiro atoms. The summed E-state index contributed by atoms with van der Waals surface area (Å²) in [5.41, 5.74) is -0.490. The average molecular weight is 357 g/mol. The van der Waals surface area contributed by atoms with E-state index in [4.69, 9.17) is 0 Å². The van der Waals surface area contributed by atoms with Gasteiger partial charge >= 0.3 is 0 Å². The van der Waals surface area contributed by atoms with Gasteiger partial charge in [-0.15, -0.1) is 5.10 Å². The molecule has 2 fully saturated rings. The summed E-state index contributed by atoms with van der Waals surface area (Å²) in [7, 11) is -3.32. The van der Waals surface area contributed by atoms with Crippen molar-refractivity contribution in [2.45, 2.75) is 51.7 Å². The fourth-order valence-corrected chi connectivity index (χ4v) is 5.21. The van der Waals surface area contributed by atoms with Gasteiger partial charge in [0.05, 0.1) is 6.20 Å². The fraction of sp³-hybridized carbons (Fsp3) is 0.867. The van der Waals surface area contributed by atoms with Crippen molar-refractivity contribution < 1.29 is 13.5 Å². The van der Waals surface area contributed by atoms with Crippen molar-refractivity contribution in [3.63, 3.8) is 0 Å². The van der Waals surface area contributed by atoms with Gasteiger partial charge in [-0.2, -0.15) is 17.0 Å². The molecule has 1 unspecified atom stereocenters. The van der Waals surface area contributed by atoms with Crippen LogP contribution in [0.1, 0.15) is 45.2 Å². The monoisotopic (exact) mass is 357 g/mol. The van der Waals surface area contributed by atoms with E-state index < -0.39 is 15.8 Å². The molecule has 2 saturated heterocycles. The van der Waals surface area contributed by atoms with Gasteiger partial charge in [0, 0.05) is 32.7 Å². The zero-order chi connectivity index (χ0) is 17.4. The first kappa shape index (κ1) is 17.8. The van der Waals surface area contributed by atoms with Crippen LogP contribution in [-0.2, 0) is 22.4 Å². The Labute approximate surface area is 143 Å². The quantitative estimate of drug-likeness (QED) is 0.831. The van der Waals surface area contributed by atoms with Crippen molar-refractivity contribution in [2.75, 3.05) is 26.2 Å². The van der Waals surface area contributed by atoms with Crippen molar-refractivity contribution >= 4 is 10.2 Å². The third-order valence-corrected chi connectivity index (χ3v) is 6.81. The van der Waals surface area contributed by atoms with Gasteiger partial charge in [-0.1, -0.05) is 5.21 Å². The summed E-state index contributed by atoms with van der Waals surface area (Å²) >= 11 is 0. The average Bonchev–Trinajstić information content (AvgIpc) is 3.18. The highest BCUT2D eigenvalue weighted by atomic mass is 32.2. The first-order valence-electron chi connectivity index (χ1n) is 8.65. The summed E-state index contributed by atoms with van der Waals surface area (Å²) in [6.07, 6.45) is 5.49. The fourth-order valence-electron chi connectivity index (χ4n) is 3.40. The Morgan fingerprint density at radius 3 is 2.50 bits per heavy atom. The van der Waals surface area contributed by atoms with Crippen molar-refractivity contribution in [1.29, 1.82) is 0 Å². The summed E-state index contributed by atoms with van der Waals surface area (Å²) < 4.78 is 30.4. The molecule has 9 heteroatoms. The summed E-state index contributed by atoms with van der Waals surface area (Å²) in [5.74, 6) is 0.215. The standard InChI is InChI=1S/C15H27N5O3S/c1-15(2,21)14-12-18(17-16-14)10-13-6-5-9-20(11-13)24(22,23)19-7-3-4-8-19/h12-13,21H,3-11H2,1-2H3. The van der Waals surface area contributed by atoms with E-state index in [0.29, 0.717) is 38.4 Å². The Kier molecular flexibility index (Phi) is 4.96. The lowest BCUT2D eigenvalue weighted by molar-refractivity contribution is 0.0737. The molecule has 24 heavy (non-hydrogen) atoms. The van der Waals surface area contributed by atoms with Crippen LogP contribution in [0.3, 0.4) is 0 Å². The van der Waals surface area contributed by atoms with Crippen LogP contribution in [0.5, 0.6) is 0 Å². The number of hydrogen-bond donors (Lipinski definition) is 1. The lowest BCUT2D eigenvalue weighted by atomic mass is 10.00. The number of rotatable bonds is 5. The van der Waals surface area contributed by atoms with Gasteiger partial charge in [-0.25, -0.2) is 0 Å². The zero-order valence-corrected chi connectivity index (χ0v) is 15.2. The molecule has 2 aliphatic heterocycles. The molecule has 1 N–H and O–H groups in total. The largest absolute Gasteiger partial charge is 0.384 e. The predicted molar refractivity (Wildman–Crippen MR) is 89.3 cm³/mol. The molecule has 3 rings (SSSR count). The second-order valence-electron chi connectivity index (χ2n) is 7.37. The van der Waals surface area contributed by atoms with Crippen LogP contribution >= 0.6 is 0 Å². The molecular formula is C15H27N5O3S. The molecular weight excluding hydrogens is 330 g/mol. The first-order chi connectivity index (χ1) is 11.3. The lowest BCUT2D eigenvalue weighted by Gasteiger charge is -2.34. The number of piperidine rings is 1. The molecule has 8 nitrogen and oxygen atoms in total. The molecule has 2 aliphatic rings. The van der Waals surface area contributed by atoms with Crippen molar-refractivity contribution in [2.24, 2.45) is 5.92 Å². The molecule has 3 heterocycles. The van der Waals surface area contributed by atoms with Gasteiger partial charge in [-0.05, 0) is 45.4 Å². The summed E-state index contributed by atoms with van der Waals surface area (Å²) in [6.45, 7) is 6.37. The van der Waals surface area contributed by atoms with Crippen LogP contribution in [0, 0.1) is 5.92 Å². The third-order valence-electron chi connectivity index (χ3n) is 4.81. The Balaban J connectivity index is 1.64. The van der Waals surface area contributed by atoms with E-state index in [1.165, 1.54) is 0 Å². The molecule has 1 aromatic rings. The topological polar surface area (TPSA) is 91.6 Å². The molecule has 0 aromatic carbocycles. The highest BCUT2D eigenvalue weighted by Gasteiger charge is 2.35. The third kappa shape index (κ3) is 3.79. The number of nitrogens with zero attached hydrogens (tertiary/aromatic N) is 5. The van der Waals surface area contributed by atoms with Gasteiger partial charge in [0.25, 0.3) is 10.2 Å². The minimum absolute atomic E-state index is 0.215. The van der Waals surface area contributed by atoms with Gasteiger partial charge in [-0.3, -0.25) is 4.68 Å². The zero-order valence-electron chi connectivity index (χ0n) is 14.4. The van der Waals surface area contributed by atoms with E-state index in [2.05, 4.69) is 10.3 Å². The molecule has 0 bridgehead atoms. The first-order valence-corrected chi connectivity index (χ1v) is 10.0. The van der Waals surface area contributed by atoms with Crippen LogP contribution < -0.4 is 0 Å². The number of hydrogen-bond acceptors (Lipinski definition) is 5. The Morgan fingerprint density at radius 1 is 1.21 bits per heavy atom. The minimum atomic E-state index is -3.32. The second kappa shape index (κ2) is 6.70. The lowest BCUT2D eigenvalue weighted by Crippen LogP contribution is -2.47. The Morgan fingerprint density at radius 2 is 1.88 bits per heavy atom. The molecule has 1 aromatic heterocycles. The SMILES string of the molecule is CC(C)(O)c1cn(CC2CCCN(S(=O)(=O)N3CCCC3)C2)nn1. The maximum atomic E-state index is 12.7. The molecule has 1 atom stereocenters. The van der Waals surface area contributed by atoms with Crippen LogP contribution in [-0.4, -0.2) is 63.3 Å². The molecule has 136 valence electrons. The molecule has 0 radical (unpaired) electrons. The number of aromatic nitrogens is 3. The Hall–Kier alpha value is -1.03. The van der Waals surface area contributed by atoms with E-state index in [1.54, 1.807) is 33.3 Å². The van der Waals surface area contributed by atoms with Gasteiger partial charge in [0.15, 0.2) is 0 Å². The van der Waals surface area contributed by atoms with Gasteiger partial charge in [0.1, 0.15) is 11.3 Å². The number of aliphatic hydroxyl groups is 1. The van der Waals surface area contributed by atoms with E-state index in [1.807, 2.05) is 0 Å².